The van der Waals surface area contributed by atoms with E-state index in [2.05, 4.69) is 67.6 Å². The van der Waals surface area contributed by atoms with Gasteiger partial charge in [0, 0.05) is 8.99 Å². The second-order valence-electron chi connectivity index (χ2n) is 6.83. The number of fused-ring (bicyclic) bond motifs is 2. The summed E-state index contributed by atoms with van der Waals surface area (Å²) in [6.07, 6.45) is 3.35. The van der Waals surface area contributed by atoms with Gasteiger partial charge in [0.25, 0.3) is 0 Å². The van der Waals surface area contributed by atoms with Crippen molar-refractivity contribution in [2.24, 2.45) is 16.7 Å². The topological polar surface area (TPSA) is 20.2 Å². The van der Waals surface area contributed by atoms with Crippen LogP contribution in [0.5, 0.6) is 0 Å². The zero-order chi connectivity index (χ0) is 13.2. The number of halogens is 1. The van der Waals surface area contributed by atoms with Crippen molar-refractivity contribution in [3.8, 4) is 0 Å². The van der Waals surface area contributed by atoms with E-state index in [-0.39, 0.29) is 10.8 Å². The third-order valence-corrected chi connectivity index (χ3v) is 7.15. The minimum absolute atomic E-state index is 0.00589. The van der Waals surface area contributed by atoms with Crippen molar-refractivity contribution in [2.75, 3.05) is 0 Å². The van der Waals surface area contributed by atoms with Gasteiger partial charge in [-0.3, -0.25) is 0 Å². The van der Waals surface area contributed by atoms with Gasteiger partial charge in [-0.15, -0.1) is 0 Å². The first kappa shape index (κ1) is 12.9. The number of aliphatic hydroxyl groups is 1. The number of rotatable bonds is 1. The molecular formula is C16H21IO. The van der Waals surface area contributed by atoms with Crippen LogP contribution in [0.4, 0.5) is 0 Å². The van der Waals surface area contributed by atoms with Gasteiger partial charge in [0.1, 0.15) is 0 Å². The Balaban J connectivity index is 2.17. The average Bonchev–Trinajstić information content (AvgIpc) is 2.61. The number of hydrogen-bond donors (Lipinski definition) is 1. The third kappa shape index (κ3) is 1.31. The molecule has 1 aromatic rings. The fourth-order valence-electron chi connectivity index (χ4n) is 4.48. The number of benzene rings is 1. The summed E-state index contributed by atoms with van der Waals surface area (Å²) in [6.45, 7) is 6.99. The van der Waals surface area contributed by atoms with Crippen LogP contribution in [0.1, 0.15) is 45.6 Å². The molecule has 2 fully saturated rings. The summed E-state index contributed by atoms with van der Waals surface area (Å²) in [7, 11) is 0. The number of hydrogen-bond acceptors (Lipinski definition) is 1. The molecule has 0 saturated heterocycles. The molecule has 2 bridgehead atoms. The van der Waals surface area contributed by atoms with Gasteiger partial charge in [0.05, 0.1) is 5.60 Å². The zero-order valence-corrected chi connectivity index (χ0v) is 13.5. The lowest BCUT2D eigenvalue weighted by Crippen LogP contribution is -2.45. The van der Waals surface area contributed by atoms with Gasteiger partial charge in [-0.1, -0.05) is 39.0 Å². The Bertz CT molecular complexity index is 496. The molecule has 0 aromatic heterocycles. The molecule has 3 unspecified atom stereocenters. The van der Waals surface area contributed by atoms with Crippen LogP contribution in [-0.2, 0) is 5.60 Å². The molecule has 0 spiro atoms. The quantitative estimate of drug-likeness (QED) is 0.743. The van der Waals surface area contributed by atoms with Crippen molar-refractivity contribution in [2.45, 2.75) is 45.6 Å². The summed E-state index contributed by atoms with van der Waals surface area (Å²) in [4.78, 5) is 0. The maximum absolute atomic E-state index is 11.4. The first-order valence-electron chi connectivity index (χ1n) is 6.80. The van der Waals surface area contributed by atoms with E-state index >= 15 is 0 Å². The summed E-state index contributed by atoms with van der Waals surface area (Å²) in [5.74, 6) is 0.656. The molecular weight excluding hydrogens is 335 g/mol. The van der Waals surface area contributed by atoms with E-state index in [0.717, 1.165) is 18.4 Å². The Labute approximate surface area is 123 Å². The highest BCUT2D eigenvalue weighted by Gasteiger charge is 2.69. The summed E-state index contributed by atoms with van der Waals surface area (Å²) in [6, 6.07) is 8.33. The molecule has 2 heteroatoms. The van der Waals surface area contributed by atoms with Gasteiger partial charge in [-0.05, 0) is 64.8 Å². The largest absolute Gasteiger partial charge is 0.385 e. The minimum Gasteiger partial charge on any atom is -0.385 e. The molecule has 2 aliphatic carbocycles. The predicted octanol–water partition coefficient (Wildman–Crippen LogP) is 4.33. The molecule has 98 valence electrons. The average molecular weight is 356 g/mol. The van der Waals surface area contributed by atoms with Crippen LogP contribution in [0.25, 0.3) is 0 Å². The Morgan fingerprint density at radius 2 is 1.89 bits per heavy atom. The first-order chi connectivity index (χ1) is 8.33. The van der Waals surface area contributed by atoms with Crippen LogP contribution < -0.4 is 0 Å². The molecule has 3 atom stereocenters. The van der Waals surface area contributed by atoms with E-state index in [4.69, 9.17) is 0 Å². The van der Waals surface area contributed by atoms with Crippen LogP contribution in [0.2, 0.25) is 0 Å². The Morgan fingerprint density at radius 3 is 2.39 bits per heavy atom. The molecule has 0 amide bonds. The van der Waals surface area contributed by atoms with Crippen molar-refractivity contribution < 1.29 is 5.11 Å². The minimum atomic E-state index is -0.642. The molecule has 0 heterocycles. The van der Waals surface area contributed by atoms with E-state index in [9.17, 15) is 5.11 Å². The van der Waals surface area contributed by atoms with Crippen molar-refractivity contribution in [1.82, 2.24) is 0 Å². The van der Waals surface area contributed by atoms with Gasteiger partial charge in [0.2, 0.25) is 0 Å². The SMILES string of the molecule is CC1(C)C2CCC1(C)C(O)(c1ccccc1I)C2. The van der Waals surface area contributed by atoms with Crippen LogP contribution in [0, 0.1) is 20.3 Å². The fourth-order valence-corrected chi connectivity index (χ4v) is 5.31. The van der Waals surface area contributed by atoms with E-state index in [1.165, 1.54) is 9.99 Å². The molecule has 18 heavy (non-hydrogen) atoms. The van der Waals surface area contributed by atoms with Crippen LogP contribution in [0.3, 0.4) is 0 Å². The Morgan fingerprint density at radius 1 is 1.22 bits per heavy atom. The zero-order valence-electron chi connectivity index (χ0n) is 11.3. The molecule has 2 aliphatic rings. The van der Waals surface area contributed by atoms with Crippen molar-refractivity contribution in [3.63, 3.8) is 0 Å². The Hall–Kier alpha value is -0.0900. The predicted molar refractivity (Wildman–Crippen MR) is 82.3 cm³/mol. The van der Waals surface area contributed by atoms with Gasteiger partial charge >= 0.3 is 0 Å². The molecule has 2 saturated carbocycles. The van der Waals surface area contributed by atoms with Crippen LogP contribution in [0.15, 0.2) is 24.3 Å². The van der Waals surface area contributed by atoms with E-state index in [1.807, 2.05) is 0 Å². The van der Waals surface area contributed by atoms with Crippen molar-refractivity contribution in [1.29, 1.82) is 0 Å². The van der Waals surface area contributed by atoms with Crippen LogP contribution >= 0.6 is 22.6 Å². The molecule has 0 aliphatic heterocycles. The van der Waals surface area contributed by atoms with Crippen molar-refractivity contribution in [3.05, 3.63) is 33.4 Å². The summed E-state index contributed by atoms with van der Waals surface area (Å²) >= 11 is 2.36. The summed E-state index contributed by atoms with van der Waals surface area (Å²) in [5.41, 5.74) is 0.743. The second kappa shape index (κ2) is 3.72. The summed E-state index contributed by atoms with van der Waals surface area (Å²) in [5, 5.41) is 11.4. The standard InChI is InChI=1S/C16H21IO/c1-14(2)11-8-9-15(14,3)16(18,10-11)12-6-4-5-7-13(12)17/h4-7,11,18H,8-10H2,1-3H3. The van der Waals surface area contributed by atoms with Gasteiger partial charge in [-0.2, -0.15) is 0 Å². The molecule has 1 nitrogen and oxygen atoms in total. The highest BCUT2D eigenvalue weighted by Crippen LogP contribution is 2.72. The van der Waals surface area contributed by atoms with Gasteiger partial charge < -0.3 is 5.11 Å². The maximum atomic E-state index is 11.4. The maximum Gasteiger partial charge on any atom is 0.0968 e. The van der Waals surface area contributed by atoms with E-state index in [0.29, 0.717) is 5.92 Å². The van der Waals surface area contributed by atoms with Crippen LogP contribution in [-0.4, -0.2) is 5.11 Å². The highest BCUT2D eigenvalue weighted by atomic mass is 127. The third-order valence-electron chi connectivity index (χ3n) is 6.21. The van der Waals surface area contributed by atoms with E-state index in [1.54, 1.807) is 0 Å². The van der Waals surface area contributed by atoms with Gasteiger partial charge in [-0.25, -0.2) is 0 Å². The Kier molecular flexibility index (Phi) is 2.67. The van der Waals surface area contributed by atoms with Crippen molar-refractivity contribution >= 4 is 22.6 Å². The van der Waals surface area contributed by atoms with Gasteiger partial charge in [0.15, 0.2) is 0 Å². The molecule has 0 radical (unpaired) electrons. The van der Waals surface area contributed by atoms with E-state index < -0.39 is 5.60 Å². The lowest BCUT2D eigenvalue weighted by Gasteiger charge is -2.46. The smallest absolute Gasteiger partial charge is 0.0968 e. The highest BCUT2D eigenvalue weighted by molar-refractivity contribution is 14.1. The first-order valence-corrected chi connectivity index (χ1v) is 7.88. The lowest BCUT2D eigenvalue weighted by molar-refractivity contribution is -0.0963. The molecule has 1 aromatic carbocycles. The molecule has 3 rings (SSSR count). The normalized spacial score (nSPS) is 41.3. The second-order valence-corrected chi connectivity index (χ2v) is 8.00. The monoisotopic (exact) mass is 356 g/mol. The summed E-state index contributed by atoms with van der Waals surface area (Å²) < 4.78 is 1.20. The lowest BCUT2D eigenvalue weighted by atomic mass is 9.62. The molecule has 1 N–H and O–H groups in total. The fraction of sp³-hybridized carbons (Fsp3) is 0.625.